The molecule has 0 aliphatic carbocycles. The Bertz CT molecular complexity index is 1460. The number of nitrogens with zero attached hydrogens (tertiary/aromatic N) is 3. The van der Waals surface area contributed by atoms with E-state index < -0.39 is 23.7 Å². The van der Waals surface area contributed by atoms with Crippen LogP contribution in [0.25, 0.3) is 10.9 Å². The summed E-state index contributed by atoms with van der Waals surface area (Å²) in [7, 11) is 0. The van der Waals surface area contributed by atoms with Crippen molar-refractivity contribution in [3.63, 3.8) is 0 Å². The Kier molecular flexibility index (Phi) is 6.01. The predicted molar refractivity (Wildman–Crippen MR) is 119 cm³/mol. The van der Waals surface area contributed by atoms with Crippen molar-refractivity contribution < 1.29 is 32.3 Å². The molecule has 0 spiro atoms. The van der Waals surface area contributed by atoms with Gasteiger partial charge in [0.2, 0.25) is 0 Å². The maximum absolute atomic E-state index is 13.4. The van der Waals surface area contributed by atoms with E-state index in [1.165, 1.54) is 12.1 Å². The molecule has 2 heterocycles. The van der Waals surface area contributed by atoms with Crippen LogP contribution in [0.3, 0.4) is 0 Å². The number of halogens is 4. The Labute approximate surface area is 196 Å². The van der Waals surface area contributed by atoms with Gasteiger partial charge in [0.15, 0.2) is 0 Å². The number of rotatable bonds is 5. The summed E-state index contributed by atoms with van der Waals surface area (Å²) < 4.78 is 55.1. The number of hydrogen-bond acceptors (Lipinski definition) is 4. The molecule has 0 fully saturated rings. The average Bonchev–Trinajstić information content (AvgIpc) is 3.06. The van der Waals surface area contributed by atoms with Crippen LogP contribution in [0.2, 0.25) is 0 Å². The highest BCUT2D eigenvalue weighted by Crippen LogP contribution is 2.32. The number of carboxylic acid groups (broad SMARTS) is 1. The summed E-state index contributed by atoms with van der Waals surface area (Å²) in [6.45, 7) is 3.58. The van der Waals surface area contributed by atoms with Crippen molar-refractivity contribution in [2.45, 2.75) is 26.6 Å². The van der Waals surface area contributed by atoms with E-state index in [-0.39, 0.29) is 34.4 Å². The van der Waals surface area contributed by atoms with E-state index >= 15 is 0 Å². The molecule has 1 amide bonds. The molecule has 180 valence electrons. The third-order valence-electron chi connectivity index (χ3n) is 5.46. The van der Waals surface area contributed by atoms with Gasteiger partial charge in [0, 0.05) is 5.39 Å². The highest BCUT2D eigenvalue weighted by molar-refractivity contribution is 6.13. The minimum Gasteiger partial charge on any atom is -0.478 e. The van der Waals surface area contributed by atoms with Gasteiger partial charge in [-0.05, 0) is 55.8 Å². The standard InChI is InChI=1S/C24H18F4N4O3/c1-12-21(13(2)32(31-12)11-14-3-6-16(25)7-4-14)30-22(33)18-10-20(24(26,27)28)29-19-8-5-15(23(34)35)9-17(18)19/h3-10H,11H2,1-2H3,(H,30,33)(H,34,35). The van der Waals surface area contributed by atoms with Crippen molar-refractivity contribution in [2.24, 2.45) is 0 Å². The first-order valence-electron chi connectivity index (χ1n) is 10.3. The molecule has 2 aromatic carbocycles. The zero-order valence-corrected chi connectivity index (χ0v) is 18.4. The fraction of sp³-hybridized carbons (Fsp3) is 0.167. The first-order chi connectivity index (χ1) is 16.4. The van der Waals surface area contributed by atoms with E-state index in [4.69, 9.17) is 0 Å². The smallest absolute Gasteiger partial charge is 0.433 e. The first kappa shape index (κ1) is 23.9. The molecule has 0 aliphatic rings. The largest absolute Gasteiger partial charge is 0.478 e. The normalized spacial score (nSPS) is 11.6. The Morgan fingerprint density at radius 1 is 1.06 bits per heavy atom. The average molecular weight is 486 g/mol. The van der Waals surface area contributed by atoms with Crippen molar-refractivity contribution in [1.29, 1.82) is 0 Å². The molecule has 0 bridgehead atoms. The van der Waals surface area contributed by atoms with Crippen molar-refractivity contribution in [3.05, 3.63) is 88.1 Å². The van der Waals surface area contributed by atoms with E-state index in [0.717, 1.165) is 23.8 Å². The van der Waals surface area contributed by atoms with E-state index in [9.17, 15) is 32.3 Å². The number of amides is 1. The van der Waals surface area contributed by atoms with Crippen LogP contribution in [-0.4, -0.2) is 31.7 Å². The van der Waals surface area contributed by atoms with Gasteiger partial charge in [-0.15, -0.1) is 0 Å². The number of hydrogen-bond donors (Lipinski definition) is 2. The number of anilines is 1. The highest BCUT2D eigenvalue weighted by Gasteiger charge is 2.34. The Morgan fingerprint density at radius 3 is 2.37 bits per heavy atom. The molecule has 0 radical (unpaired) electrons. The number of nitrogens with one attached hydrogen (secondary N) is 1. The fourth-order valence-corrected chi connectivity index (χ4v) is 3.67. The molecule has 4 aromatic rings. The van der Waals surface area contributed by atoms with Gasteiger partial charge in [-0.3, -0.25) is 9.48 Å². The second-order valence-electron chi connectivity index (χ2n) is 7.87. The van der Waals surface area contributed by atoms with Crippen LogP contribution >= 0.6 is 0 Å². The molecule has 0 saturated carbocycles. The topological polar surface area (TPSA) is 97.1 Å². The third-order valence-corrected chi connectivity index (χ3v) is 5.46. The zero-order valence-electron chi connectivity index (χ0n) is 18.4. The number of aromatic nitrogens is 3. The Morgan fingerprint density at radius 2 is 1.74 bits per heavy atom. The fourth-order valence-electron chi connectivity index (χ4n) is 3.67. The van der Waals surface area contributed by atoms with Gasteiger partial charge >= 0.3 is 12.1 Å². The van der Waals surface area contributed by atoms with Crippen LogP contribution in [0.4, 0.5) is 23.2 Å². The van der Waals surface area contributed by atoms with Gasteiger partial charge in [-0.1, -0.05) is 12.1 Å². The van der Waals surface area contributed by atoms with Crippen LogP contribution in [0.5, 0.6) is 0 Å². The van der Waals surface area contributed by atoms with E-state index in [1.807, 2.05) is 0 Å². The maximum atomic E-state index is 13.4. The molecule has 2 N–H and O–H groups in total. The molecule has 0 unspecified atom stereocenters. The van der Waals surface area contributed by atoms with Gasteiger partial charge in [-0.25, -0.2) is 14.2 Å². The molecule has 0 atom stereocenters. The molecule has 0 aliphatic heterocycles. The van der Waals surface area contributed by atoms with Crippen molar-refractivity contribution >= 4 is 28.5 Å². The zero-order chi connectivity index (χ0) is 25.5. The van der Waals surface area contributed by atoms with Crippen LogP contribution in [0, 0.1) is 19.7 Å². The molecule has 4 rings (SSSR count). The van der Waals surface area contributed by atoms with Crippen LogP contribution in [0.15, 0.2) is 48.5 Å². The van der Waals surface area contributed by atoms with Crippen LogP contribution in [-0.2, 0) is 12.7 Å². The lowest BCUT2D eigenvalue weighted by Crippen LogP contribution is -2.17. The van der Waals surface area contributed by atoms with Crippen LogP contribution < -0.4 is 5.32 Å². The monoisotopic (exact) mass is 486 g/mol. The van der Waals surface area contributed by atoms with E-state index in [1.54, 1.807) is 30.7 Å². The van der Waals surface area contributed by atoms with Crippen molar-refractivity contribution in [2.75, 3.05) is 5.32 Å². The minimum absolute atomic E-state index is 0.0376. The Hall–Kier alpha value is -4.28. The van der Waals surface area contributed by atoms with E-state index in [0.29, 0.717) is 23.1 Å². The number of benzene rings is 2. The summed E-state index contributed by atoms with van der Waals surface area (Å²) in [5.41, 5.74) is -0.0346. The molecule has 35 heavy (non-hydrogen) atoms. The molecular formula is C24H18F4N4O3. The van der Waals surface area contributed by atoms with Gasteiger partial charge in [0.1, 0.15) is 11.5 Å². The quantitative estimate of drug-likeness (QED) is 0.378. The minimum atomic E-state index is -4.82. The maximum Gasteiger partial charge on any atom is 0.433 e. The lowest BCUT2D eigenvalue weighted by molar-refractivity contribution is -0.141. The summed E-state index contributed by atoms with van der Waals surface area (Å²) in [6, 6.07) is 9.74. The number of alkyl halides is 3. The molecule has 7 nitrogen and oxygen atoms in total. The second-order valence-corrected chi connectivity index (χ2v) is 7.87. The number of fused-ring (bicyclic) bond motifs is 1. The number of carbonyl (C=O) groups excluding carboxylic acids is 1. The van der Waals surface area contributed by atoms with Gasteiger partial charge in [0.25, 0.3) is 5.91 Å². The summed E-state index contributed by atoms with van der Waals surface area (Å²) in [4.78, 5) is 28.1. The van der Waals surface area contributed by atoms with Crippen LogP contribution in [0.1, 0.15) is 43.4 Å². The number of aryl methyl sites for hydroxylation is 1. The predicted octanol–water partition coefficient (Wildman–Crippen LogP) is 5.20. The lowest BCUT2D eigenvalue weighted by Gasteiger charge is -2.13. The highest BCUT2D eigenvalue weighted by atomic mass is 19.4. The van der Waals surface area contributed by atoms with Crippen molar-refractivity contribution in [1.82, 2.24) is 14.8 Å². The van der Waals surface area contributed by atoms with Crippen molar-refractivity contribution in [3.8, 4) is 0 Å². The lowest BCUT2D eigenvalue weighted by atomic mass is 10.0. The third kappa shape index (κ3) is 4.84. The molecular weight excluding hydrogens is 468 g/mol. The summed E-state index contributed by atoms with van der Waals surface area (Å²) in [6.07, 6.45) is -4.82. The number of aromatic carboxylic acids is 1. The molecule has 2 aromatic heterocycles. The second kappa shape index (κ2) is 8.82. The first-order valence-corrected chi connectivity index (χ1v) is 10.3. The molecule has 0 saturated heterocycles. The number of carbonyl (C=O) groups is 2. The molecule has 11 heteroatoms. The number of pyridine rings is 1. The summed E-state index contributed by atoms with van der Waals surface area (Å²) >= 11 is 0. The summed E-state index contributed by atoms with van der Waals surface area (Å²) in [5.74, 6) is -2.56. The van der Waals surface area contributed by atoms with Gasteiger partial charge in [0.05, 0.1) is 40.3 Å². The van der Waals surface area contributed by atoms with Gasteiger partial charge in [-0.2, -0.15) is 18.3 Å². The Balaban J connectivity index is 1.74. The van der Waals surface area contributed by atoms with E-state index in [2.05, 4.69) is 15.4 Å². The number of carboxylic acids is 1. The summed E-state index contributed by atoms with van der Waals surface area (Å²) in [5, 5.41) is 16.2. The van der Waals surface area contributed by atoms with Gasteiger partial charge < -0.3 is 10.4 Å². The SMILES string of the molecule is Cc1nn(Cc2ccc(F)cc2)c(C)c1NC(=O)c1cc(C(F)(F)F)nc2ccc(C(=O)O)cc12.